The summed E-state index contributed by atoms with van der Waals surface area (Å²) in [6.45, 7) is 12.2. The van der Waals surface area contributed by atoms with Gasteiger partial charge in [-0.2, -0.15) is 15.5 Å². The van der Waals surface area contributed by atoms with Gasteiger partial charge in [0.1, 0.15) is 0 Å². The molecule has 2 aliphatic rings. The number of nitrogens with zero attached hydrogens (tertiary/aromatic N) is 5. The fourth-order valence-electron chi connectivity index (χ4n) is 4.42. The van der Waals surface area contributed by atoms with E-state index in [2.05, 4.69) is 16.3 Å². The first kappa shape index (κ1) is 22.7. The van der Waals surface area contributed by atoms with Gasteiger partial charge in [0.2, 0.25) is 0 Å². The number of amides is 2. The molecule has 3 atom stereocenters. The van der Waals surface area contributed by atoms with Gasteiger partial charge in [0.05, 0.1) is 34.9 Å². The molecule has 164 valence electrons. The number of hydrogen-bond donors (Lipinski definition) is 0. The molecule has 1 aromatic rings. The Bertz CT molecular complexity index is 948. The summed E-state index contributed by atoms with van der Waals surface area (Å²) in [5, 5.41) is 21.2. The predicted molar refractivity (Wildman–Crippen MR) is 120 cm³/mol. The highest BCUT2D eigenvalue weighted by Crippen LogP contribution is 2.46. The van der Waals surface area contributed by atoms with E-state index in [0.717, 1.165) is 17.0 Å². The molecule has 2 heterocycles. The summed E-state index contributed by atoms with van der Waals surface area (Å²) >= 11 is 0. The van der Waals surface area contributed by atoms with Gasteiger partial charge in [0.25, 0.3) is 11.8 Å². The van der Waals surface area contributed by atoms with Crippen LogP contribution in [-0.2, 0) is 9.59 Å². The van der Waals surface area contributed by atoms with Gasteiger partial charge in [0.15, 0.2) is 0 Å². The topological polar surface area (TPSA) is 89.1 Å². The number of carbonyl (C=O) groups is 2. The van der Waals surface area contributed by atoms with E-state index >= 15 is 0 Å². The summed E-state index contributed by atoms with van der Waals surface area (Å²) < 4.78 is 0. The van der Waals surface area contributed by atoms with Crippen LogP contribution in [0.1, 0.15) is 58.6 Å². The Kier molecular flexibility index (Phi) is 5.56. The molecule has 2 aliphatic heterocycles. The summed E-state index contributed by atoms with van der Waals surface area (Å²) in [6, 6.07) is 9.29. The second kappa shape index (κ2) is 7.60. The summed E-state index contributed by atoms with van der Waals surface area (Å²) in [7, 11) is 3.32. The molecule has 0 N–H and O–H groups in total. The van der Waals surface area contributed by atoms with Gasteiger partial charge in [-0.3, -0.25) is 9.59 Å². The Morgan fingerprint density at radius 1 is 0.839 bits per heavy atom. The smallest absolute Gasteiger partial charge is 0.251 e. The minimum Gasteiger partial charge on any atom is -0.272 e. The minimum absolute atomic E-state index is 0.130. The van der Waals surface area contributed by atoms with Crippen LogP contribution in [-0.4, -0.2) is 47.4 Å². The first-order valence-electron chi connectivity index (χ1n) is 10.5. The van der Waals surface area contributed by atoms with Gasteiger partial charge in [-0.1, -0.05) is 53.7 Å². The molecule has 7 heteroatoms. The van der Waals surface area contributed by atoms with E-state index in [4.69, 9.17) is 0 Å². The molecular formula is C24H31N5O2. The first-order valence-corrected chi connectivity index (χ1v) is 10.5. The van der Waals surface area contributed by atoms with Crippen LogP contribution in [0.2, 0.25) is 0 Å². The van der Waals surface area contributed by atoms with E-state index in [0.29, 0.717) is 5.56 Å². The molecule has 7 nitrogen and oxygen atoms in total. The van der Waals surface area contributed by atoms with Crippen molar-refractivity contribution in [3.63, 3.8) is 0 Å². The Morgan fingerprint density at radius 2 is 1.23 bits per heavy atom. The van der Waals surface area contributed by atoms with Gasteiger partial charge >= 0.3 is 0 Å². The van der Waals surface area contributed by atoms with Crippen molar-refractivity contribution in [2.75, 3.05) is 14.1 Å². The van der Waals surface area contributed by atoms with E-state index in [-0.39, 0.29) is 22.6 Å². The monoisotopic (exact) mass is 421 g/mol. The molecule has 3 rings (SSSR count). The molecule has 0 radical (unpaired) electrons. The fourth-order valence-corrected chi connectivity index (χ4v) is 4.42. The Morgan fingerprint density at radius 3 is 1.55 bits per heavy atom. The third-order valence-corrected chi connectivity index (χ3v) is 5.95. The Hall–Kier alpha value is -3.01. The standard InChI is InChI=1S/C24H31N5O2/c1-23(2,3)19-17(21(30)28(7)26-19)16(15-11-9-14(13-25)10-12-15)18-20(24(4,5)6)27-29(8)22(18)31/h9-12,16-18H,1-8H3/t16?,17-,18+. The lowest BCUT2D eigenvalue weighted by Gasteiger charge is -2.34. The molecule has 31 heavy (non-hydrogen) atoms. The van der Waals surface area contributed by atoms with E-state index in [1.807, 2.05) is 53.7 Å². The Labute approximate surface area is 184 Å². The second-order valence-electron chi connectivity index (χ2n) is 10.4. The third-order valence-electron chi connectivity index (χ3n) is 5.95. The predicted octanol–water partition coefficient (Wildman–Crippen LogP) is 3.62. The number of nitriles is 1. The van der Waals surface area contributed by atoms with Crippen molar-refractivity contribution < 1.29 is 9.59 Å². The van der Waals surface area contributed by atoms with Crippen molar-refractivity contribution in [2.45, 2.75) is 47.5 Å². The molecule has 0 spiro atoms. The SMILES string of the molecule is CN1N=C(C(C)(C)C)[C@H](C(c2ccc(C#N)cc2)[C@H]2C(=O)N(C)N=C2C(C)(C)C)C1=O. The maximum atomic E-state index is 13.4. The summed E-state index contributed by atoms with van der Waals surface area (Å²) in [5.41, 5.74) is 2.15. The van der Waals surface area contributed by atoms with E-state index in [1.165, 1.54) is 10.0 Å². The van der Waals surface area contributed by atoms with Crippen molar-refractivity contribution in [1.29, 1.82) is 5.26 Å². The van der Waals surface area contributed by atoms with Crippen molar-refractivity contribution >= 4 is 23.2 Å². The summed E-state index contributed by atoms with van der Waals surface area (Å²) in [4.78, 5) is 26.8. The highest BCUT2D eigenvalue weighted by molar-refractivity contribution is 6.15. The molecule has 0 bridgehead atoms. The average molecular weight is 422 g/mol. The highest BCUT2D eigenvalue weighted by Gasteiger charge is 2.53. The molecule has 0 aliphatic carbocycles. The van der Waals surface area contributed by atoms with E-state index in [9.17, 15) is 14.9 Å². The summed E-state index contributed by atoms with van der Waals surface area (Å²) in [6.07, 6.45) is 0. The largest absolute Gasteiger partial charge is 0.272 e. The van der Waals surface area contributed by atoms with Gasteiger partial charge in [-0.15, -0.1) is 0 Å². The van der Waals surface area contributed by atoms with E-state index < -0.39 is 17.8 Å². The average Bonchev–Trinajstić information content (AvgIpc) is 3.14. The number of carbonyl (C=O) groups excluding carboxylic acids is 2. The zero-order chi connectivity index (χ0) is 23.3. The van der Waals surface area contributed by atoms with Crippen LogP contribution in [0, 0.1) is 34.0 Å². The molecule has 0 saturated heterocycles. The van der Waals surface area contributed by atoms with E-state index in [1.54, 1.807) is 26.2 Å². The quantitative estimate of drug-likeness (QED) is 0.746. The van der Waals surface area contributed by atoms with Crippen molar-refractivity contribution in [3.8, 4) is 6.07 Å². The minimum atomic E-state index is -0.592. The van der Waals surface area contributed by atoms with Crippen LogP contribution in [0.4, 0.5) is 0 Å². The maximum Gasteiger partial charge on any atom is 0.251 e. The molecular weight excluding hydrogens is 390 g/mol. The van der Waals surface area contributed by atoms with Crippen LogP contribution >= 0.6 is 0 Å². The zero-order valence-electron chi connectivity index (χ0n) is 19.6. The fraction of sp³-hybridized carbons (Fsp3) is 0.542. The molecule has 0 aromatic heterocycles. The third kappa shape index (κ3) is 3.99. The second-order valence-corrected chi connectivity index (χ2v) is 10.4. The maximum absolute atomic E-state index is 13.4. The van der Waals surface area contributed by atoms with Crippen molar-refractivity contribution in [2.24, 2.45) is 32.9 Å². The first-order chi connectivity index (χ1) is 14.3. The van der Waals surface area contributed by atoms with Crippen LogP contribution in [0.15, 0.2) is 34.5 Å². The van der Waals surface area contributed by atoms with Crippen LogP contribution < -0.4 is 0 Å². The van der Waals surface area contributed by atoms with Gasteiger partial charge in [0, 0.05) is 30.8 Å². The molecule has 2 amide bonds. The zero-order valence-corrected chi connectivity index (χ0v) is 19.6. The lowest BCUT2D eigenvalue weighted by molar-refractivity contribution is -0.133. The van der Waals surface area contributed by atoms with Gasteiger partial charge in [-0.25, -0.2) is 10.0 Å². The Balaban J connectivity index is 2.24. The van der Waals surface area contributed by atoms with Crippen LogP contribution in [0.5, 0.6) is 0 Å². The van der Waals surface area contributed by atoms with Crippen molar-refractivity contribution in [3.05, 3.63) is 35.4 Å². The normalized spacial score (nSPS) is 23.1. The van der Waals surface area contributed by atoms with Crippen LogP contribution in [0.3, 0.4) is 0 Å². The number of rotatable bonds is 3. The van der Waals surface area contributed by atoms with Crippen LogP contribution in [0.25, 0.3) is 0 Å². The molecule has 0 saturated carbocycles. The van der Waals surface area contributed by atoms with Gasteiger partial charge in [-0.05, 0) is 17.7 Å². The lowest BCUT2D eigenvalue weighted by Crippen LogP contribution is -2.44. The highest BCUT2D eigenvalue weighted by atomic mass is 16.2. The number of hydrazone groups is 2. The van der Waals surface area contributed by atoms with Crippen molar-refractivity contribution in [1.82, 2.24) is 10.0 Å². The lowest BCUT2D eigenvalue weighted by atomic mass is 9.65. The molecule has 0 fully saturated rings. The molecule has 1 aromatic carbocycles. The number of benzene rings is 1. The molecule has 1 unspecified atom stereocenters. The number of hydrogen-bond acceptors (Lipinski definition) is 5. The van der Waals surface area contributed by atoms with Gasteiger partial charge < -0.3 is 0 Å². The summed E-state index contributed by atoms with van der Waals surface area (Å²) in [5.74, 6) is -1.92.